The highest BCUT2D eigenvalue weighted by molar-refractivity contribution is 6.29. The Hall–Kier alpha value is -7.48. The number of hydrogen-bond donors (Lipinski definition) is 0. The molecule has 1 heteroatoms. The molecule has 0 aliphatic heterocycles. The molecule has 0 amide bonds. The van der Waals surface area contributed by atoms with E-state index in [0.717, 1.165) is 0 Å². The van der Waals surface area contributed by atoms with Crippen LogP contribution in [0, 0.1) is 0 Å². The van der Waals surface area contributed by atoms with Gasteiger partial charge in [-0.05, 0) is 101 Å². The van der Waals surface area contributed by atoms with Gasteiger partial charge in [0.2, 0.25) is 0 Å². The van der Waals surface area contributed by atoms with Crippen molar-refractivity contribution in [3.8, 4) is 39.1 Å². The maximum Gasteiger partial charge on any atom is 0.0619 e. The highest BCUT2D eigenvalue weighted by Gasteiger charge is 2.24. The predicted molar refractivity (Wildman–Crippen MR) is 245 cm³/mol. The second-order valence-electron chi connectivity index (χ2n) is 15.2. The van der Waals surface area contributed by atoms with Crippen molar-refractivity contribution in [2.45, 2.75) is 0 Å². The fourth-order valence-electron chi connectivity index (χ4n) is 9.69. The van der Waals surface area contributed by atoms with Gasteiger partial charge < -0.3 is 4.57 Å². The molecule has 57 heavy (non-hydrogen) atoms. The Labute approximate surface area is 330 Å². The van der Waals surface area contributed by atoms with Gasteiger partial charge in [-0.25, -0.2) is 0 Å². The third-order valence-corrected chi connectivity index (χ3v) is 12.1. The van der Waals surface area contributed by atoms with Crippen molar-refractivity contribution in [2.75, 3.05) is 0 Å². The maximum absolute atomic E-state index is 2.50. The summed E-state index contributed by atoms with van der Waals surface area (Å²) in [6, 6.07) is 78.4. The molecule has 0 saturated carbocycles. The van der Waals surface area contributed by atoms with Crippen LogP contribution in [0.5, 0.6) is 0 Å². The van der Waals surface area contributed by atoms with E-state index in [2.05, 4.69) is 217 Å². The molecule has 0 aliphatic carbocycles. The van der Waals surface area contributed by atoms with E-state index in [1.54, 1.807) is 0 Å². The average molecular weight is 722 g/mol. The van der Waals surface area contributed by atoms with Crippen molar-refractivity contribution in [3.05, 3.63) is 212 Å². The summed E-state index contributed by atoms with van der Waals surface area (Å²) in [6.45, 7) is 0. The van der Waals surface area contributed by atoms with Crippen molar-refractivity contribution in [2.24, 2.45) is 0 Å². The first-order chi connectivity index (χ1) is 28.3. The van der Waals surface area contributed by atoms with Gasteiger partial charge in [-0.3, -0.25) is 0 Å². The number of fused-ring (bicyclic) bond motifs is 8. The largest absolute Gasteiger partial charge is 0.308 e. The summed E-state index contributed by atoms with van der Waals surface area (Å²) < 4.78 is 2.50. The van der Waals surface area contributed by atoms with Crippen LogP contribution in [0.3, 0.4) is 0 Å². The highest BCUT2D eigenvalue weighted by Crippen LogP contribution is 2.50. The summed E-state index contributed by atoms with van der Waals surface area (Å²) >= 11 is 0. The Morgan fingerprint density at radius 1 is 0.228 bits per heavy atom. The van der Waals surface area contributed by atoms with Crippen LogP contribution >= 0.6 is 0 Å². The van der Waals surface area contributed by atoms with E-state index in [4.69, 9.17) is 0 Å². The normalized spacial score (nSPS) is 11.9. The predicted octanol–water partition coefficient (Wildman–Crippen LogP) is 15.6. The summed E-state index contributed by atoms with van der Waals surface area (Å²) in [5.74, 6) is 0. The zero-order valence-corrected chi connectivity index (χ0v) is 31.2. The quantitative estimate of drug-likeness (QED) is 0.160. The third kappa shape index (κ3) is 4.76. The minimum Gasteiger partial charge on any atom is -0.308 e. The standard InChI is InChI=1S/C56H35N/c1-2-17-37(18-3-1)53-43-22-6-7-23-44(43)54(47-33-32-40(35-50(47)53)39-31-30-36-16-4-5-19-38(36)34-39)55-45-24-8-10-26-48(45)56(49-27-11-9-25-46(49)55)57-51-28-14-12-20-41(51)42-21-13-15-29-52(42)57/h1-35H. The van der Waals surface area contributed by atoms with Crippen LogP contribution in [0.2, 0.25) is 0 Å². The Balaban J connectivity index is 1.24. The molecule has 1 heterocycles. The molecule has 0 fully saturated rings. The van der Waals surface area contributed by atoms with Gasteiger partial charge in [0.05, 0.1) is 16.7 Å². The van der Waals surface area contributed by atoms with E-state index in [1.807, 2.05) is 0 Å². The van der Waals surface area contributed by atoms with E-state index < -0.39 is 0 Å². The van der Waals surface area contributed by atoms with Gasteiger partial charge in [0.25, 0.3) is 0 Å². The number of rotatable bonds is 4. The molecule has 12 aromatic rings. The molecular formula is C56H35N. The van der Waals surface area contributed by atoms with Crippen LogP contribution in [0.25, 0.3) is 115 Å². The number of nitrogens with zero attached hydrogens (tertiary/aromatic N) is 1. The Bertz CT molecular complexity index is 3460. The topological polar surface area (TPSA) is 4.93 Å². The van der Waals surface area contributed by atoms with Gasteiger partial charge in [-0.1, -0.05) is 188 Å². The van der Waals surface area contributed by atoms with Gasteiger partial charge in [0, 0.05) is 21.5 Å². The summed E-state index contributed by atoms with van der Waals surface area (Å²) in [5, 5.41) is 15.0. The van der Waals surface area contributed by atoms with Crippen molar-refractivity contribution in [1.29, 1.82) is 0 Å². The third-order valence-electron chi connectivity index (χ3n) is 12.1. The lowest BCUT2D eigenvalue weighted by molar-refractivity contribution is 1.21. The minimum absolute atomic E-state index is 1.21. The van der Waals surface area contributed by atoms with Crippen molar-refractivity contribution < 1.29 is 0 Å². The lowest BCUT2D eigenvalue weighted by Gasteiger charge is -2.23. The van der Waals surface area contributed by atoms with Crippen LogP contribution in [0.4, 0.5) is 0 Å². The van der Waals surface area contributed by atoms with Gasteiger partial charge in [0.1, 0.15) is 0 Å². The zero-order valence-electron chi connectivity index (χ0n) is 31.2. The summed E-state index contributed by atoms with van der Waals surface area (Å²) in [6.07, 6.45) is 0. The first-order valence-corrected chi connectivity index (χ1v) is 19.8. The Morgan fingerprint density at radius 2 is 0.649 bits per heavy atom. The maximum atomic E-state index is 2.50. The second kappa shape index (κ2) is 12.5. The van der Waals surface area contributed by atoms with Crippen LogP contribution in [-0.4, -0.2) is 4.57 Å². The molecule has 0 aliphatic rings. The molecular weight excluding hydrogens is 687 g/mol. The van der Waals surface area contributed by atoms with Crippen molar-refractivity contribution in [3.63, 3.8) is 0 Å². The molecule has 0 radical (unpaired) electrons. The number of hydrogen-bond acceptors (Lipinski definition) is 0. The molecule has 264 valence electrons. The average Bonchev–Trinajstić information content (AvgIpc) is 3.61. The van der Waals surface area contributed by atoms with Crippen LogP contribution in [0.1, 0.15) is 0 Å². The van der Waals surface area contributed by atoms with E-state index in [0.29, 0.717) is 0 Å². The van der Waals surface area contributed by atoms with E-state index in [1.165, 1.54) is 115 Å². The lowest BCUT2D eigenvalue weighted by atomic mass is 9.82. The SMILES string of the molecule is c1ccc(-c2c3ccccc3c(-c3c4ccccc4c(-n4c5ccccc5c5ccccc54)c4ccccc34)c3ccc(-c4ccc5ccccc5c4)cc23)cc1. The van der Waals surface area contributed by atoms with Crippen LogP contribution < -0.4 is 0 Å². The molecule has 1 aromatic heterocycles. The number of para-hydroxylation sites is 2. The molecule has 1 nitrogen and oxygen atoms in total. The van der Waals surface area contributed by atoms with Gasteiger partial charge in [0.15, 0.2) is 0 Å². The lowest BCUT2D eigenvalue weighted by Crippen LogP contribution is -2.00. The van der Waals surface area contributed by atoms with E-state index in [9.17, 15) is 0 Å². The molecule has 0 unspecified atom stereocenters. The van der Waals surface area contributed by atoms with E-state index in [-0.39, 0.29) is 0 Å². The Morgan fingerprint density at radius 3 is 1.26 bits per heavy atom. The van der Waals surface area contributed by atoms with Crippen LogP contribution in [0.15, 0.2) is 212 Å². The second-order valence-corrected chi connectivity index (χ2v) is 15.2. The fraction of sp³-hybridized carbons (Fsp3) is 0. The van der Waals surface area contributed by atoms with Gasteiger partial charge >= 0.3 is 0 Å². The number of benzene rings is 11. The van der Waals surface area contributed by atoms with Gasteiger partial charge in [-0.2, -0.15) is 0 Å². The molecule has 12 rings (SSSR count). The van der Waals surface area contributed by atoms with E-state index >= 15 is 0 Å². The smallest absolute Gasteiger partial charge is 0.0619 e. The Kier molecular flexibility index (Phi) is 7.00. The molecule has 0 atom stereocenters. The van der Waals surface area contributed by atoms with Crippen LogP contribution in [-0.2, 0) is 0 Å². The van der Waals surface area contributed by atoms with Crippen molar-refractivity contribution in [1.82, 2.24) is 4.57 Å². The molecule has 0 bridgehead atoms. The summed E-state index contributed by atoms with van der Waals surface area (Å²) in [5.41, 5.74) is 11.1. The minimum atomic E-state index is 1.21. The zero-order chi connectivity index (χ0) is 37.5. The summed E-state index contributed by atoms with van der Waals surface area (Å²) in [4.78, 5) is 0. The molecule has 0 spiro atoms. The summed E-state index contributed by atoms with van der Waals surface area (Å²) in [7, 11) is 0. The monoisotopic (exact) mass is 721 g/mol. The van der Waals surface area contributed by atoms with Gasteiger partial charge in [-0.15, -0.1) is 0 Å². The first-order valence-electron chi connectivity index (χ1n) is 19.8. The highest BCUT2D eigenvalue weighted by atomic mass is 15.0. The van der Waals surface area contributed by atoms with Crippen molar-refractivity contribution >= 4 is 75.7 Å². The molecule has 11 aromatic carbocycles. The molecule has 0 saturated heterocycles. The first kappa shape index (κ1) is 31.8. The molecule has 0 N–H and O–H groups in total. The fourth-order valence-corrected chi connectivity index (χ4v) is 9.69. The number of aromatic nitrogens is 1.